The van der Waals surface area contributed by atoms with E-state index >= 15 is 0 Å². The molecule has 5 heteroatoms. The van der Waals surface area contributed by atoms with Gasteiger partial charge >= 0.3 is 0 Å². The number of ether oxygens (including phenoxy) is 4. The standard InChI is InChI=1S/C20H24O5/c1-4-5-7-12-15(21)16-17(22-13-14-10-8-6-9-11-14)18-19(23-16)25-20(2,3)24-18/h6,8-11,16-19H,4-5,13H2,1-3H3/t16-,17+,18-,19-/m1/s1. The fourth-order valence-electron chi connectivity index (χ4n) is 2.98. The number of carbonyl (C=O) groups excluding carboxylic acids is 1. The summed E-state index contributed by atoms with van der Waals surface area (Å²) in [7, 11) is 0. The molecule has 3 rings (SSSR count). The average Bonchev–Trinajstić information content (AvgIpc) is 3.06. The van der Waals surface area contributed by atoms with Crippen LogP contribution >= 0.6 is 0 Å². The topological polar surface area (TPSA) is 54.0 Å². The number of benzene rings is 1. The Bertz CT molecular complexity index is 658. The molecular weight excluding hydrogens is 320 g/mol. The van der Waals surface area contributed by atoms with Crippen molar-refractivity contribution >= 4 is 5.78 Å². The van der Waals surface area contributed by atoms with Crippen LogP contribution in [-0.2, 0) is 30.3 Å². The van der Waals surface area contributed by atoms with Crippen LogP contribution in [0.15, 0.2) is 30.3 Å². The summed E-state index contributed by atoms with van der Waals surface area (Å²) in [5, 5.41) is 0. The predicted octanol–water partition coefficient (Wildman–Crippen LogP) is 2.82. The van der Waals surface area contributed by atoms with Crippen molar-refractivity contribution in [2.75, 3.05) is 0 Å². The van der Waals surface area contributed by atoms with Crippen LogP contribution in [0.1, 0.15) is 39.2 Å². The summed E-state index contributed by atoms with van der Waals surface area (Å²) in [6, 6.07) is 9.79. The third-order valence-electron chi connectivity index (χ3n) is 4.12. The first-order chi connectivity index (χ1) is 12.0. The molecule has 2 aliphatic heterocycles. The van der Waals surface area contributed by atoms with Crippen LogP contribution in [0, 0.1) is 11.8 Å². The molecule has 0 N–H and O–H groups in total. The van der Waals surface area contributed by atoms with Crippen molar-refractivity contribution in [2.24, 2.45) is 0 Å². The fourth-order valence-corrected chi connectivity index (χ4v) is 2.98. The summed E-state index contributed by atoms with van der Waals surface area (Å²) >= 11 is 0. The lowest BCUT2D eigenvalue weighted by Crippen LogP contribution is -2.40. The molecule has 134 valence electrons. The Morgan fingerprint density at radius 3 is 2.72 bits per heavy atom. The Kier molecular flexibility index (Phi) is 5.55. The molecule has 0 radical (unpaired) electrons. The molecule has 0 saturated carbocycles. The molecule has 0 aromatic heterocycles. The van der Waals surface area contributed by atoms with Crippen LogP contribution in [-0.4, -0.2) is 36.2 Å². The van der Waals surface area contributed by atoms with Crippen molar-refractivity contribution in [1.82, 2.24) is 0 Å². The summed E-state index contributed by atoms with van der Waals surface area (Å²) in [6.45, 7) is 6.03. The van der Waals surface area contributed by atoms with E-state index in [0.29, 0.717) is 13.0 Å². The smallest absolute Gasteiger partial charge is 0.237 e. The van der Waals surface area contributed by atoms with Crippen LogP contribution in [0.5, 0.6) is 0 Å². The molecule has 2 fully saturated rings. The van der Waals surface area contributed by atoms with Gasteiger partial charge in [0.25, 0.3) is 0 Å². The SMILES string of the molecule is CCCC#CC(=O)[C@H]1O[C@@H]2OC(C)(C)O[C@@H]2[C@H]1OCc1ccccc1. The van der Waals surface area contributed by atoms with E-state index in [0.717, 1.165) is 12.0 Å². The predicted molar refractivity (Wildman–Crippen MR) is 91.4 cm³/mol. The van der Waals surface area contributed by atoms with E-state index in [2.05, 4.69) is 11.8 Å². The van der Waals surface area contributed by atoms with Gasteiger partial charge in [0, 0.05) is 6.42 Å². The van der Waals surface area contributed by atoms with Crippen molar-refractivity contribution in [3.8, 4) is 11.8 Å². The first-order valence-corrected chi connectivity index (χ1v) is 8.69. The molecule has 1 aromatic rings. The van der Waals surface area contributed by atoms with E-state index in [-0.39, 0.29) is 5.78 Å². The molecule has 0 bridgehead atoms. The summed E-state index contributed by atoms with van der Waals surface area (Å²) in [6.07, 6.45) is -0.806. The monoisotopic (exact) mass is 344 g/mol. The molecule has 25 heavy (non-hydrogen) atoms. The molecular formula is C20H24O5. The minimum Gasteiger partial charge on any atom is -0.367 e. The quantitative estimate of drug-likeness (QED) is 0.607. The van der Waals surface area contributed by atoms with Gasteiger partial charge in [-0.3, -0.25) is 4.79 Å². The van der Waals surface area contributed by atoms with Gasteiger partial charge in [-0.25, -0.2) is 0 Å². The van der Waals surface area contributed by atoms with Gasteiger partial charge in [-0.15, -0.1) is 0 Å². The Balaban J connectivity index is 1.73. The van der Waals surface area contributed by atoms with Crippen LogP contribution in [0.4, 0.5) is 0 Å². The van der Waals surface area contributed by atoms with Crippen LogP contribution in [0.25, 0.3) is 0 Å². The second-order valence-corrected chi connectivity index (χ2v) is 6.70. The zero-order chi connectivity index (χ0) is 17.9. The van der Waals surface area contributed by atoms with E-state index in [1.54, 1.807) is 0 Å². The summed E-state index contributed by atoms with van der Waals surface area (Å²) in [4.78, 5) is 12.4. The number of fused-ring (bicyclic) bond motifs is 1. The van der Waals surface area contributed by atoms with Gasteiger partial charge in [-0.2, -0.15) is 0 Å². The molecule has 0 aliphatic carbocycles. The maximum Gasteiger partial charge on any atom is 0.237 e. The minimum absolute atomic E-state index is 0.286. The summed E-state index contributed by atoms with van der Waals surface area (Å²) < 4.78 is 23.5. The Labute approximate surface area is 148 Å². The Morgan fingerprint density at radius 1 is 1.24 bits per heavy atom. The zero-order valence-corrected chi connectivity index (χ0v) is 14.9. The maximum atomic E-state index is 12.4. The van der Waals surface area contributed by atoms with Crippen LogP contribution in [0.2, 0.25) is 0 Å². The Hall–Kier alpha value is -1.71. The Morgan fingerprint density at radius 2 is 2.00 bits per heavy atom. The van der Waals surface area contributed by atoms with Crippen LogP contribution < -0.4 is 0 Å². The first-order valence-electron chi connectivity index (χ1n) is 8.69. The number of unbranched alkanes of at least 4 members (excludes halogenated alkanes) is 1. The van der Waals surface area contributed by atoms with Gasteiger partial charge in [-0.05, 0) is 31.8 Å². The average molecular weight is 344 g/mol. The lowest BCUT2D eigenvalue weighted by Gasteiger charge is -2.24. The first kappa shape index (κ1) is 18.1. The second kappa shape index (κ2) is 7.67. The van der Waals surface area contributed by atoms with Gasteiger partial charge in [-0.1, -0.05) is 43.2 Å². The molecule has 0 spiro atoms. The van der Waals surface area contributed by atoms with Crippen molar-refractivity contribution in [1.29, 1.82) is 0 Å². The van der Waals surface area contributed by atoms with E-state index in [4.69, 9.17) is 18.9 Å². The van der Waals surface area contributed by atoms with E-state index in [9.17, 15) is 4.79 Å². The molecule has 2 heterocycles. The van der Waals surface area contributed by atoms with Crippen molar-refractivity contribution in [3.05, 3.63) is 35.9 Å². The maximum absolute atomic E-state index is 12.4. The highest BCUT2D eigenvalue weighted by atomic mass is 16.8. The van der Waals surface area contributed by atoms with Gasteiger partial charge < -0.3 is 18.9 Å². The van der Waals surface area contributed by atoms with Gasteiger partial charge in [0.05, 0.1) is 6.61 Å². The highest BCUT2D eigenvalue weighted by molar-refractivity contribution is 5.99. The molecule has 4 atom stereocenters. The molecule has 0 unspecified atom stereocenters. The number of hydrogen-bond donors (Lipinski definition) is 0. The van der Waals surface area contributed by atoms with Gasteiger partial charge in [0.1, 0.15) is 12.2 Å². The fraction of sp³-hybridized carbons (Fsp3) is 0.550. The van der Waals surface area contributed by atoms with E-state index in [1.165, 1.54) is 0 Å². The number of ketones is 1. The highest BCUT2D eigenvalue weighted by Crippen LogP contribution is 2.39. The van der Waals surface area contributed by atoms with E-state index in [1.807, 2.05) is 51.1 Å². The third-order valence-corrected chi connectivity index (χ3v) is 4.12. The minimum atomic E-state index is -0.792. The molecule has 2 aliphatic rings. The van der Waals surface area contributed by atoms with Crippen molar-refractivity contribution in [3.63, 3.8) is 0 Å². The number of hydrogen-bond acceptors (Lipinski definition) is 5. The summed E-state index contributed by atoms with van der Waals surface area (Å²) in [5.41, 5.74) is 1.02. The van der Waals surface area contributed by atoms with E-state index < -0.39 is 30.4 Å². The van der Waals surface area contributed by atoms with Crippen molar-refractivity contribution < 1.29 is 23.7 Å². The van der Waals surface area contributed by atoms with Crippen LogP contribution in [0.3, 0.4) is 0 Å². The molecule has 2 saturated heterocycles. The van der Waals surface area contributed by atoms with Gasteiger partial charge in [0.2, 0.25) is 5.78 Å². The summed E-state index contributed by atoms with van der Waals surface area (Å²) in [5.74, 6) is 4.49. The van der Waals surface area contributed by atoms with Gasteiger partial charge in [0.15, 0.2) is 18.2 Å². The lowest BCUT2D eigenvalue weighted by molar-refractivity contribution is -0.217. The molecule has 1 aromatic carbocycles. The number of Topliss-reactive ketones (excluding diaryl/α,β-unsaturated/α-hetero) is 1. The van der Waals surface area contributed by atoms with Crippen molar-refractivity contribution in [2.45, 2.75) is 70.6 Å². The highest BCUT2D eigenvalue weighted by Gasteiger charge is 2.57. The normalized spacial score (nSPS) is 29.7. The molecule has 0 amide bonds. The molecule has 5 nitrogen and oxygen atoms in total. The third kappa shape index (κ3) is 4.28. The lowest BCUT2D eigenvalue weighted by atomic mass is 10.1. The second-order valence-electron chi connectivity index (χ2n) is 6.70. The largest absolute Gasteiger partial charge is 0.367 e. The number of rotatable bonds is 5. The number of carbonyl (C=O) groups is 1. The zero-order valence-electron chi connectivity index (χ0n) is 14.9.